The number of carbonyl (C=O) groups excluding carboxylic acids is 4. The molecule has 10 nitrogen and oxygen atoms in total. The van der Waals surface area contributed by atoms with Crippen LogP contribution in [0.3, 0.4) is 0 Å². The molecule has 55 heavy (non-hydrogen) atoms. The number of carbonyl (C=O) groups is 4. The number of methoxy groups -OCH3 is 1. The van der Waals surface area contributed by atoms with E-state index in [2.05, 4.69) is 26.3 Å². The maximum absolute atomic E-state index is 15.3. The number of ether oxygens (including phenoxy) is 1. The van der Waals surface area contributed by atoms with Gasteiger partial charge in [-0.3, -0.25) is 29.5 Å². The molecule has 2 saturated heterocycles. The van der Waals surface area contributed by atoms with Gasteiger partial charge in [-0.05, 0) is 87.6 Å². The number of nitrogens with zero attached hydrogens (tertiary/aromatic N) is 3. The number of hydrogen-bond donors (Lipinski definition) is 2. The molecule has 3 fully saturated rings. The fraction of sp³-hybridized carbons (Fsp3) is 0.289. The Bertz CT molecular complexity index is 2310. The molecule has 1 saturated carbocycles. The van der Waals surface area contributed by atoms with Gasteiger partial charge in [-0.15, -0.1) is 11.3 Å². The van der Waals surface area contributed by atoms with E-state index in [9.17, 15) is 32.7 Å². The lowest BCUT2D eigenvalue weighted by Crippen LogP contribution is -2.53. The largest absolute Gasteiger partial charge is 0.503 e. The number of phenols is 1. The second kappa shape index (κ2) is 13.6. The number of alkyl halides is 3. The SMILES string of the molecule is COc1cc(C2C3=CCC4C(=O)N(Cc5cccs5)C(=O)C4C3CC3C(=O)N(Nc4ncc(C(F)(F)F)cc4Cl)C(=O)C32c2ccc(Cl)cc2)cc(Br)c1O. The zero-order valence-corrected chi connectivity index (χ0v) is 32.4. The van der Waals surface area contributed by atoms with Crippen LogP contribution in [-0.4, -0.2) is 50.7 Å². The molecule has 2 aromatic carbocycles. The first-order valence-electron chi connectivity index (χ1n) is 16.9. The van der Waals surface area contributed by atoms with Crippen molar-refractivity contribution in [2.24, 2.45) is 23.7 Å². The van der Waals surface area contributed by atoms with Crippen molar-refractivity contribution in [1.29, 1.82) is 0 Å². The quantitative estimate of drug-likeness (QED) is 0.141. The van der Waals surface area contributed by atoms with Gasteiger partial charge in [0.15, 0.2) is 17.3 Å². The van der Waals surface area contributed by atoms with Gasteiger partial charge < -0.3 is 9.84 Å². The summed E-state index contributed by atoms with van der Waals surface area (Å²) in [5.41, 5.74) is 1.20. The first kappa shape index (κ1) is 37.5. The minimum absolute atomic E-state index is 0.0364. The number of hydrogen-bond acceptors (Lipinski definition) is 9. The summed E-state index contributed by atoms with van der Waals surface area (Å²) in [5.74, 6) is -7.19. The smallest absolute Gasteiger partial charge is 0.417 e. The van der Waals surface area contributed by atoms with Gasteiger partial charge in [-0.2, -0.15) is 18.2 Å². The minimum Gasteiger partial charge on any atom is -0.503 e. The average molecular weight is 877 g/mol. The zero-order valence-electron chi connectivity index (χ0n) is 28.4. The molecule has 0 spiro atoms. The highest BCUT2D eigenvalue weighted by Gasteiger charge is 2.70. The van der Waals surface area contributed by atoms with Crippen molar-refractivity contribution in [3.05, 3.63) is 114 Å². The van der Waals surface area contributed by atoms with E-state index in [-0.39, 0.29) is 53.0 Å². The third-order valence-corrected chi connectivity index (χ3v) is 13.2. The Morgan fingerprint density at radius 2 is 1.80 bits per heavy atom. The topological polar surface area (TPSA) is 129 Å². The number of anilines is 1. The van der Waals surface area contributed by atoms with Gasteiger partial charge in [-0.25, -0.2) is 4.98 Å². The number of nitrogens with one attached hydrogen (secondary N) is 1. The number of phenolic OH excluding ortho intramolecular Hbond substituents is 1. The van der Waals surface area contributed by atoms with Crippen molar-refractivity contribution in [2.75, 3.05) is 12.5 Å². The number of aromatic hydroxyl groups is 1. The van der Waals surface area contributed by atoms with Gasteiger partial charge in [0, 0.05) is 22.0 Å². The summed E-state index contributed by atoms with van der Waals surface area (Å²) < 4.78 is 46.2. The highest BCUT2D eigenvalue weighted by molar-refractivity contribution is 9.10. The number of rotatable bonds is 7. The van der Waals surface area contributed by atoms with Crippen molar-refractivity contribution in [3.63, 3.8) is 0 Å². The van der Waals surface area contributed by atoms with Crippen LogP contribution in [0.15, 0.2) is 82.3 Å². The van der Waals surface area contributed by atoms with Crippen LogP contribution in [0.1, 0.15) is 40.3 Å². The van der Waals surface area contributed by atoms with E-state index in [1.807, 2.05) is 23.6 Å². The third-order valence-electron chi connectivity index (χ3n) is 11.1. The summed E-state index contributed by atoms with van der Waals surface area (Å²) in [4.78, 5) is 64.4. The van der Waals surface area contributed by atoms with Crippen LogP contribution < -0.4 is 10.2 Å². The van der Waals surface area contributed by atoms with Crippen molar-refractivity contribution in [1.82, 2.24) is 14.9 Å². The van der Waals surface area contributed by atoms with E-state index in [4.69, 9.17) is 27.9 Å². The predicted molar refractivity (Wildman–Crippen MR) is 199 cm³/mol. The number of aromatic nitrogens is 1. The van der Waals surface area contributed by atoms with E-state index in [0.717, 1.165) is 9.89 Å². The molecule has 0 bridgehead atoms. The van der Waals surface area contributed by atoms with E-state index < -0.39 is 63.6 Å². The highest BCUT2D eigenvalue weighted by Crippen LogP contribution is 2.65. The number of hydrazine groups is 1. The molecule has 6 atom stereocenters. The Morgan fingerprint density at radius 3 is 2.45 bits per heavy atom. The van der Waals surface area contributed by atoms with Crippen LogP contribution in [0.25, 0.3) is 0 Å². The van der Waals surface area contributed by atoms with Crippen LogP contribution in [-0.2, 0) is 37.3 Å². The predicted octanol–water partition coefficient (Wildman–Crippen LogP) is 8.13. The molecule has 6 unspecified atom stereocenters. The van der Waals surface area contributed by atoms with Crippen LogP contribution >= 0.6 is 50.5 Å². The molecule has 4 aromatic rings. The van der Waals surface area contributed by atoms with Gasteiger partial charge in [-0.1, -0.05) is 53.1 Å². The monoisotopic (exact) mass is 874 g/mol. The summed E-state index contributed by atoms with van der Waals surface area (Å²) in [5, 5.41) is 13.3. The zero-order chi connectivity index (χ0) is 39.1. The van der Waals surface area contributed by atoms with Crippen LogP contribution in [0.2, 0.25) is 10.0 Å². The number of halogens is 6. The molecule has 284 valence electrons. The van der Waals surface area contributed by atoms with Gasteiger partial charge in [0.2, 0.25) is 11.8 Å². The molecule has 4 heterocycles. The van der Waals surface area contributed by atoms with Crippen molar-refractivity contribution in [2.45, 2.75) is 36.9 Å². The highest BCUT2D eigenvalue weighted by atomic mass is 79.9. The van der Waals surface area contributed by atoms with E-state index >= 15 is 4.79 Å². The van der Waals surface area contributed by atoms with Gasteiger partial charge in [0.05, 0.1) is 51.9 Å². The second-order valence-corrected chi connectivity index (χ2v) is 16.5. The molecule has 2 aliphatic carbocycles. The molecule has 2 aliphatic heterocycles. The van der Waals surface area contributed by atoms with E-state index in [1.54, 1.807) is 36.4 Å². The van der Waals surface area contributed by atoms with Crippen molar-refractivity contribution < 1.29 is 42.2 Å². The Morgan fingerprint density at radius 1 is 1.05 bits per heavy atom. The number of likely N-dealkylation sites (tertiary alicyclic amines) is 1. The summed E-state index contributed by atoms with van der Waals surface area (Å²) in [6, 6.07) is 13.9. The molecule has 2 N–H and O–H groups in total. The first-order valence-corrected chi connectivity index (χ1v) is 19.4. The molecule has 4 aliphatic rings. The van der Waals surface area contributed by atoms with Crippen molar-refractivity contribution >= 4 is 79.9 Å². The minimum atomic E-state index is -4.75. The fourth-order valence-corrected chi connectivity index (χ4v) is 10.3. The standard InChI is InChI=1S/C38H28BrCl2F3N4O6S/c1-54-28-12-17(11-26(39)31(28)49)30-22-8-9-23-29(35(52)47(33(23)50)16-21-3-2-10-55-21)24(22)14-25-34(51)48(36(53)37(25,30)18-4-6-20(40)7-5-18)46-32-27(41)13-19(15-45-32)38(42,43)44/h2-8,10-13,15,23-25,29-30,49H,9,14,16H2,1H3,(H,45,46). The lowest BCUT2D eigenvalue weighted by molar-refractivity contribution is -0.142. The molecule has 2 aromatic heterocycles. The molecular weight excluding hydrogens is 848 g/mol. The normalized spacial score (nSPS) is 26.2. The molecular formula is C38H28BrCl2F3N4O6S. The summed E-state index contributed by atoms with van der Waals surface area (Å²) in [6.07, 6.45) is -2.19. The maximum Gasteiger partial charge on any atom is 0.417 e. The Labute approximate surface area is 334 Å². The Hall–Kier alpha value is -4.44. The number of benzene rings is 2. The number of amides is 4. The number of imide groups is 2. The van der Waals surface area contributed by atoms with E-state index in [0.29, 0.717) is 34.0 Å². The lowest BCUT2D eigenvalue weighted by atomic mass is 9.49. The lowest BCUT2D eigenvalue weighted by Gasteiger charge is -2.50. The number of allylic oxidation sites excluding steroid dienone is 2. The Kier molecular flexibility index (Phi) is 9.30. The van der Waals surface area contributed by atoms with E-state index in [1.165, 1.54) is 23.3 Å². The molecule has 8 rings (SSSR count). The van der Waals surface area contributed by atoms with Crippen LogP contribution in [0.4, 0.5) is 19.0 Å². The summed E-state index contributed by atoms with van der Waals surface area (Å²) >= 11 is 17.4. The Balaban J connectivity index is 1.32. The number of pyridine rings is 1. The van der Waals surface area contributed by atoms with Crippen LogP contribution in [0, 0.1) is 23.7 Å². The second-order valence-electron chi connectivity index (χ2n) is 13.8. The number of fused-ring (bicyclic) bond motifs is 4. The third kappa shape index (κ3) is 5.84. The first-order chi connectivity index (χ1) is 26.2. The van der Waals surface area contributed by atoms with Crippen molar-refractivity contribution in [3.8, 4) is 11.5 Å². The van der Waals surface area contributed by atoms with Gasteiger partial charge in [0.1, 0.15) is 0 Å². The maximum atomic E-state index is 15.3. The summed E-state index contributed by atoms with van der Waals surface area (Å²) in [7, 11) is 1.36. The molecule has 0 radical (unpaired) electrons. The fourth-order valence-electron chi connectivity index (χ4n) is 8.85. The van der Waals surface area contributed by atoms with Gasteiger partial charge in [0.25, 0.3) is 11.8 Å². The average Bonchev–Trinajstić information content (AvgIpc) is 3.81. The van der Waals surface area contributed by atoms with Gasteiger partial charge >= 0.3 is 6.18 Å². The summed E-state index contributed by atoms with van der Waals surface area (Å²) in [6.45, 7) is 0.101. The number of thiophene rings is 1. The van der Waals surface area contributed by atoms with Crippen LogP contribution in [0.5, 0.6) is 11.5 Å². The molecule has 17 heteroatoms. The molecule has 4 amide bonds.